The second-order valence-corrected chi connectivity index (χ2v) is 5.51. The van der Waals surface area contributed by atoms with Crippen molar-refractivity contribution in [3.63, 3.8) is 0 Å². The van der Waals surface area contributed by atoms with Crippen LogP contribution in [-0.4, -0.2) is 34.4 Å². The van der Waals surface area contributed by atoms with Crippen LogP contribution >= 0.6 is 0 Å². The number of H-pyrrole nitrogens is 1. The van der Waals surface area contributed by atoms with Gasteiger partial charge in [0.05, 0.1) is 24.1 Å². The van der Waals surface area contributed by atoms with E-state index in [2.05, 4.69) is 15.5 Å². The van der Waals surface area contributed by atoms with Crippen molar-refractivity contribution in [3.8, 4) is 11.3 Å². The van der Waals surface area contributed by atoms with E-state index >= 15 is 0 Å². The van der Waals surface area contributed by atoms with Crippen LogP contribution in [0.3, 0.4) is 0 Å². The number of benzene rings is 1. The van der Waals surface area contributed by atoms with Gasteiger partial charge in [-0.15, -0.1) is 0 Å². The summed E-state index contributed by atoms with van der Waals surface area (Å²) in [4.78, 5) is 12.2. The smallest absolute Gasteiger partial charge is 0.255 e. The van der Waals surface area contributed by atoms with Gasteiger partial charge < -0.3 is 10.4 Å². The molecule has 110 valence electrons. The van der Waals surface area contributed by atoms with Gasteiger partial charge in [0.2, 0.25) is 0 Å². The SMILES string of the molecule is O=C(NCC1(CO)CC1)c1cn[nH]c1-c1ccc(F)cc1. The van der Waals surface area contributed by atoms with Gasteiger partial charge in [-0.1, -0.05) is 0 Å². The van der Waals surface area contributed by atoms with E-state index in [1.165, 1.54) is 18.3 Å². The lowest BCUT2D eigenvalue weighted by molar-refractivity contribution is 0.0936. The fraction of sp³-hybridized carbons (Fsp3) is 0.333. The molecule has 0 spiro atoms. The number of aliphatic hydroxyl groups excluding tert-OH is 1. The van der Waals surface area contributed by atoms with Gasteiger partial charge in [-0.2, -0.15) is 5.10 Å². The molecule has 1 aliphatic carbocycles. The molecule has 5 nitrogen and oxygen atoms in total. The van der Waals surface area contributed by atoms with Gasteiger partial charge in [0.15, 0.2) is 0 Å². The zero-order chi connectivity index (χ0) is 14.9. The Morgan fingerprint density at radius 2 is 2.10 bits per heavy atom. The lowest BCUT2D eigenvalue weighted by atomic mass is 10.1. The van der Waals surface area contributed by atoms with Gasteiger partial charge in [0.25, 0.3) is 5.91 Å². The summed E-state index contributed by atoms with van der Waals surface area (Å²) in [5.74, 6) is -0.578. The molecule has 1 amide bonds. The van der Waals surface area contributed by atoms with Crippen LogP contribution in [-0.2, 0) is 0 Å². The van der Waals surface area contributed by atoms with Crippen molar-refractivity contribution in [2.45, 2.75) is 12.8 Å². The highest BCUT2D eigenvalue weighted by Crippen LogP contribution is 2.44. The van der Waals surface area contributed by atoms with Crippen molar-refractivity contribution in [2.24, 2.45) is 5.41 Å². The summed E-state index contributed by atoms with van der Waals surface area (Å²) in [6.45, 7) is 0.542. The lowest BCUT2D eigenvalue weighted by Crippen LogP contribution is -2.31. The summed E-state index contributed by atoms with van der Waals surface area (Å²) >= 11 is 0. The first-order valence-corrected chi connectivity index (χ1v) is 6.82. The van der Waals surface area contributed by atoms with Crippen LogP contribution in [0.25, 0.3) is 11.3 Å². The van der Waals surface area contributed by atoms with E-state index in [0.717, 1.165) is 12.8 Å². The van der Waals surface area contributed by atoms with Gasteiger partial charge in [-0.3, -0.25) is 9.89 Å². The van der Waals surface area contributed by atoms with Crippen molar-refractivity contribution in [3.05, 3.63) is 41.8 Å². The number of nitrogens with zero attached hydrogens (tertiary/aromatic N) is 1. The molecule has 0 atom stereocenters. The van der Waals surface area contributed by atoms with E-state index in [1.54, 1.807) is 12.1 Å². The van der Waals surface area contributed by atoms with Gasteiger partial charge in [-0.25, -0.2) is 4.39 Å². The molecule has 0 saturated heterocycles. The Kier molecular flexibility index (Phi) is 3.47. The average Bonchev–Trinajstić information content (AvgIpc) is 3.12. The number of aromatic nitrogens is 2. The number of rotatable bonds is 5. The Labute approximate surface area is 121 Å². The minimum atomic E-state index is -0.331. The maximum Gasteiger partial charge on any atom is 0.255 e. The first kappa shape index (κ1) is 13.8. The molecule has 1 heterocycles. The summed E-state index contributed by atoms with van der Waals surface area (Å²) in [5.41, 5.74) is 1.52. The third-order valence-electron chi connectivity index (χ3n) is 3.93. The van der Waals surface area contributed by atoms with Crippen LogP contribution in [0.4, 0.5) is 4.39 Å². The highest BCUT2D eigenvalue weighted by atomic mass is 19.1. The van der Waals surface area contributed by atoms with Gasteiger partial charge in [0, 0.05) is 17.5 Å². The number of carbonyl (C=O) groups is 1. The fourth-order valence-corrected chi connectivity index (χ4v) is 2.23. The van der Waals surface area contributed by atoms with E-state index in [0.29, 0.717) is 23.4 Å². The number of carbonyl (C=O) groups excluding carboxylic acids is 1. The molecule has 1 aliphatic rings. The average molecular weight is 289 g/mol. The summed E-state index contributed by atoms with van der Waals surface area (Å²) < 4.78 is 13.0. The van der Waals surface area contributed by atoms with Crippen LogP contribution in [0, 0.1) is 11.2 Å². The monoisotopic (exact) mass is 289 g/mol. The molecule has 0 radical (unpaired) electrons. The molecule has 3 rings (SSSR count). The van der Waals surface area contributed by atoms with E-state index in [9.17, 15) is 14.3 Å². The molecule has 1 aromatic carbocycles. The number of amides is 1. The third-order valence-corrected chi connectivity index (χ3v) is 3.93. The molecular weight excluding hydrogens is 273 g/mol. The van der Waals surface area contributed by atoms with Crippen molar-refractivity contribution in [1.82, 2.24) is 15.5 Å². The standard InChI is InChI=1S/C15H16FN3O2/c16-11-3-1-10(2-4-11)13-12(7-18-19-13)14(21)17-8-15(9-20)5-6-15/h1-4,7,20H,5-6,8-9H2,(H,17,21)(H,18,19). The molecule has 0 aliphatic heterocycles. The van der Waals surface area contributed by atoms with Gasteiger partial charge >= 0.3 is 0 Å². The molecule has 0 bridgehead atoms. The van der Waals surface area contributed by atoms with E-state index in [-0.39, 0.29) is 23.7 Å². The summed E-state index contributed by atoms with van der Waals surface area (Å²) in [5, 5.41) is 18.7. The van der Waals surface area contributed by atoms with Gasteiger partial charge in [-0.05, 0) is 37.1 Å². The van der Waals surface area contributed by atoms with Crippen molar-refractivity contribution >= 4 is 5.91 Å². The first-order chi connectivity index (χ1) is 10.1. The van der Waals surface area contributed by atoms with Crippen LogP contribution in [0.5, 0.6) is 0 Å². The second-order valence-electron chi connectivity index (χ2n) is 5.51. The maximum atomic E-state index is 13.0. The first-order valence-electron chi connectivity index (χ1n) is 6.82. The molecule has 0 unspecified atom stereocenters. The molecular formula is C15H16FN3O2. The second kappa shape index (κ2) is 5.29. The Morgan fingerprint density at radius 1 is 1.38 bits per heavy atom. The van der Waals surface area contributed by atoms with Crippen LogP contribution in [0.2, 0.25) is 0 Å². The van der Waals surface area contributed by atoms with Crippen molar-refractivity contribution in [1.29, 1.82) is 0 Å². The summed E-state index contributed by atoms with van der Waals surface area (Å²) in [7, 11) is 0. The molecule has 1 saturated carbocycles. The molecule has 1 aromatic heterocycles. The number of hydrogen-bond donors (Lipinski definition) is 3. The number of halogens is 1. The predicted molar refractivity (Wildman–Crippen MR) is 75.1 cm³/mol. The van der Waals surface area contributed by atoms with Crippen LogP contribution in [0.1, 0.15) is 23.2 Å². The maximum absolute atomic E-state index is 13.0. The lowest BCUT2D eigenvalue weighted by Gasteiger charge is -2.12. The van der Waals surface area contributed by atoms with E-state index in [4.69, 9.17) is 0 Å². The largest absolute Gasteiger partial charge is 0.396 e. The molecule has 21 heavy (non-hydrogen) atoms. The zero-order valence-corrected chi connectivity index (χ0v) is 11.4. The fourth-order valence-electron chi connectivity index (χ4n) is 2.23. The minimum absolute atomic E-state index is 0.0868. The van der Waals surface area contributed by atoms with Crippen molar-refractivity contribution in [2.75, 3.05) is 13.2 Å². The topological polar surface area (TPSA) is 78.0 Å². The minimum Gasteiger partial charge on any atom is -0.396 e. The normalized spacial score (nSPS) is 15.7. The van der Waals surface area contributed by atoms with Crippen LogP contribution < -0.4 is 5.32 Å². The number of aromatic amines is 1. The quantitative estimate of drug-likeness (QED) is 0.784. The van der Waals surface area contributed by atoms with Crippen LogP contribution in [0.15, 0.2) is 30.5 Å². The van der Waals surface area contributed by atoms with E-state index in [1.807, 2.05) is 0 Å². The third kappa shape index (κ3) is 2.80. The highest BCUT2D eigenvalue weighted by molar-refractivity contribution is 5.99. The number of nitrogens with one attached hydrogen (secondary N) is 2. The van der Waals surface area contributed by atoms with Crippen molar-refractivity contribution < 1.29 is 14.3 Å². The van der Waals surface area contributed by atoms with Gasteiger partial charge in [0.1, 0.15) is 5.82 Å². The molecule has 6 heteroatoms. The predicted octanol–water partition coefficient (Wildman–Crippen LogP) is 1.72. The highest BCUT2D eigenvalue weighted by Gasteiger charge is 2.42. The number of hydrogen-bond acceptors (Lipinski definition) is 3. The Bertz CT molecular complexity index is 647. The molecule has 2 aromatic rings. The zero-order valence-electron chi connectivity index (χ0n) is 11.4. The Morgan fingerprint density at radius 3 is 2.71 bits per heavy atom. The molecule has 1 fully saturated rings. The Balaban J connectivity index is 1.75. The van der Waals surface area contributed by atoms with E-state index < -0.39 is 0 Å². The molecule has 3 N–H and O–H groups in total. The Hall–Kier alpha value is -2.21. The number of aliphatic hydroxyl groups is 1. The summed E-state index contributed by atoms with van der Waals surface area (Å²) in [6, 6.07) is 5.86. The summed E-state index contributed by atoms with van der Waals surface area (Å²) in [6.07, 6.45) is 3.31.